The van der Waals surface area contributed by atoms with E-state index in [1.807, 2.05) is 31.2 Å². The van der Waals surface area contributed by atoms with E-state index >= 15 is 0 Å². The molecule has 1 aromatic carbocycles. The number of aliphatic carboxylic acids is 1. The summed E-state index contributed by atoms with van der Waals surface area (Å²) in [7, 11) is 0. The summed E-state index contributed by atoms with van der Waals surface area (Å²) in [5.41, 5.74) is 0.958. The lowest BCUT2D eigenvalue weighted by atomic mass is 10.1. The van der Waals surface area contributed by atoms with Gasteiger partial charge in [-0.25, -0.2) is 0 Å². The second kappa shape index (κ2) is 4.20. The second-order valence-corrected chi connectivity index (χ2v) is 4.56. The van der Waals surface area contributed by atoms with Gasteiger partial charge in [0.15, 0.2) is 0 Å². The molecule has 0 atom stereocenters. The molecule has 0 radical (unpaired) electrons. The molecule has 1 saturated carbocycles. The Morgan fingerprint density at radius 1 is 1.41 bits per heavy atom. The van der Waals surface area contributed by atoms with Crippen molar-refractivity contribution in [1.82, 2.24) is 5.32 Å². The van der Waals surface area contributed by atoms with Crippen LogP contribution in [0.4, 0.5) is 0 Å². The van der Waals surface area contributed by atoms with E-state index in [9.17, 15) is 9.59 Å². The molecular weight excluding hydrogens is 218 g/mol. The zero-order valence-corrected chi connectivity index (χ0v) is 9.69. The van der Waals surface area contributed by atoms with Gasteiger partial charge in [0, 0.05) is 6.54 Å². The van der Waals surface area contributed by atoms with Crippen molar-refractivity contribution in [2.24, 2.45) is 5.41 Å². The molecule has 0 unspecified atom stereocenters. The van der Waals surface area contributed by atoms with Gasteiger partial charge in [-0.05, 0) is 25.3 Å². The van der Waals surface area contributed by atoms with Crippen molar-refractivity contribution in [3.8, 4) is 0 Å². The Balaban J connectivity index is 1.95. The molecule has 0 heterocycles. The lowest BCUT2D eigenvalue weighted by Gasteiger charge is -2.10. The van der Waals surface area contributed by atoms with Gasteiger partial charge in [0.2, 0.25) is 5.91 Å². The molecule has 4 nitrogen and oxygen atoms in total. The van der Waals surface area contributed by atoms with E-state index in [1.165, 1.54) is 0 Å². The lowest BCUT2D eigenvalue weighted by molar-refractivity contribution is -0.149. The Kier molecular flexibility index (Phi) is 2.88. The number of aryl methyl sites for hydroxylation is 1. The van der Waals surface area contributed by atoms with E-state index in [0.29, 0.717) is 19.4 Å². The molecule has 1 aliphatic carbocycles. The van der Waals surface area contributed by atoms with Gasteiger partial charge in [0.1, 0.15) is 5.41 Å². The van der Waals surface area contributed by atoms with Crippen molar-refractivity contribution in [2.45, 2.75) is 26.3 Å². The molecule has 17 heavy (non-hydrogen) atoms. The molecule has 0 aliphatic heterocycles. The van der Waals surface area contributed by atoms with Crippen molar-refractivity contribution in [1.29, 1.82) is 0 Å². The molecule has 4 heteroatoms. The van der Waals surface area contributed by atoms with E-state index < -0.39 is 11.4 Å². The summed E-state index contributed by atoms with van der Waals surface area (Å²) in [6.07, 6.45) is 0.893. The fraction of sp³-hybridized carbons (Fsp3) is 0.385. The van der Waals surface area contributed by atoms with Gasteiger partial charge in [-0.2, -0.15) is 0 Å². The average molecular weight is 233 g/mol. The highest BCUT2D eigenvalue weighted by Crippen LogP contribution is 2.46. The van der Waals surface area contributed by atoms with E-state index in [2.05, 4.69) is 5.32 Å². The van der Waals surface area contributed by atoms with Gasteiger partial charge in [0.05, 0.1) is 0 Å². The van der Waals surface area contributed by atoms with E-state index in [0.717, 1.165) is 11.1 Å². The van der Waals surface area contributed by atoms with Crippen LogP contribution in [-0.4, -0.2) is 17.0 Å². The van der Waals surface area contributed by atoms with Crippen molar-refractivity contribution in [3.63, 3.8) is 0 Å². The van der Waals surface area contributed by atoms with Crippen LogP contribution in [0.15, 0.2) is 24.3 Å². The third-order valence-corrected chi connectivity index (χ3v) is 3.13. The molecule has 0 bridgehead atoms. The molecule has 0 aromatic heterocycles. The first-order chi connectivity index (χ1) is 8.04. The van der Waals surface area contributed by atoms with Crippen LogP contribution < -0.4 is 5.32 Å². The van der Waals surface area contributed by atoms with Gasteiger partial charge >= 0.3 is 5.97 Å². The first-order valence-electron chi connectivity index (χ1n) is 5.62. The lowest BCUT2D eigenvalue weighted by Crippen LogP contribution is -2.36. The van der Waals surface area contributed by atoms with Crippen LogP contribution in [0, 0.1) is 12.3 Å². The standard InChI is InChI=1S/C13H15NO3/c1-9-3-2-4-10(7-9)8-14-11(15)13(5-6-13)12(16)17/h2-4,7H,5-6,8H2,1H3,(H,14,15)(H,16,17). The first kappa shape index (κ1) is 11.6. The van der Waals surface area contributed by atoms with Crippen LogP contribution in [0.1, 0.15) is 24.0 Å². The van der Waals surface area contributed by atoms with Crippen LogP contribution >= 0.6 is 0 Å². The number of hydrogen-bond acceptors (Lipinski definition) is 2. The van der Waals surface area contributed by atoms with Crippen LogP contribution in [0.25, 0.3) is 0 Å². The van der Waals surface area contributed by atoms with E-state index in [4.69, 9.17) is 5.11 Å². The molecular formula is C13H15NO3. The summed E-state index contributed by atoms with van der Waals surface area (Å²) in [5, 5.41) is 11.6. The highest BCUT2D eigenvalue weighted by Gasteiger charge is 2.56. The van der Waals surface area contributed by atoms with E-state index in [-0.39, 0.29) is 5.91 Å². The predicted octanol–water partition coefficient (Wildman–Crippen LogP) is 1.48. The molecule has 1 aliphatic rings. The number of hydrogen-bond donors (Lipinski definition) is 2. The largest absolute Gasteiger partial charge is 0.480 e. The summed E-state index contributed by atoms with van der Waals surface area (Å²) < 4.78 is 0. The molecule has 90 valence electrons. The molecule has 1 amide bonds. The molecule has 0 spiro atoms. The Morgan fingerprint density at radius 2 is 2.12 bits per heavy atom. The average Bonchev–Trinajstić information content (AvgIpc) is 3.07. The molecule has 2 rings (SSSR count). The van der Waals surface area contributed by atoms with Crippen molar-refractivity contribution in [3.05, 3.63) is 35.4 Å². The highest BCUT2D eigenvalue weighted by molar-refractivity contribution is 6.04. The fourth-order valence-electron chi connectivity index (χ4n) is 1.84. The highest BCUT2D eigenvalue weighted by atomic mass is 16.4. The normalized spacial score (nSPS) is 16.3. The minimum Gasteiger partial charge on any atom is -0.480 e. The van der Waals surface area contributed by atoms with Gasteiger partial charge in [-0.3, -0.25) is 9.59 Å². The molecule has 1 fully saturated rings. The van der Waals surface area contributed by atoms with Gasteiger partial charge in [-0.1, -0.05) is 29.8 Å². The second-order valence-electron chi connectivity index (χ2n) is 4.56. The van der Waals surface area contributed by atoms with Gasteiger partial charge in [0.25, 0.3) is 0 Å². The number of benzene rings is 1. The van der Waals surface area contributed by atoms with Crippen LogP contribution in [0.2, 0.25) is 0 Å². The van der Waals surface area contributed by atoms with Crippen LogP contribution in [-0.2, 0) is 16.1 Å². The monoisotopic (exact) mass is 233 g/mol. The number of carbonyl (C=O) groups is 2. The van der Waals surface area contributed by atoms with Crippen molar-refractivity contribution < 1.29 is 14.7 Å². The van der Waals surface area contributed by atoms with Gasteiger partial charge in [-0.15, -0.1) is 0 Å². The number of nitrogens with one attached hydrogen (secondary N) is 1. The van der Waals surface area contributed by atoms with Crippen molar-refractivity contribution >= 4 is 11.9 Å². The minimum absolute atomic E-state index is 0.369. The quantitative estimate of drug-likeness (QED) is 0.774. The fourth-order valence-corrected chi connectivity index (χ4v) is 1.84. The predicted molar refractivity (Wildman–Crippen MR) is 62.3 cm³/mol. The van der Waals surface area contributed by atoms with Crippen LogP contribution in [0.5, 0.6) is 0 Å². The number of rotatable bonds is 4. The smallest absolute Gasteiger partial charge is 0.319 e. The number of carbonyl (C=O) groups excluding carboxylic acids is 1. The van der Waals surface area contributed by atoms with E-state index in [1.54, 1.807) is 0 Å². The maximum absolute atomic E-state index is 11.7. The zero-order valence-electron chi connectivity index (χ0n) is 9.69. The first-order valence-corrected chi connectivity index (χ1v) is 5.62. The zero-order chi connectivity index (χ0) is 12.5. The van der Waals surface area contributed by atoms with Gasteiger partial charge < -0.3 is 10.4 Å². The summed E-state index contributed by atoms with van der Waals surface area (Å²) in [5.74, 6) is -1.38. The summed E-state index contributed by atoms with van der Waals surface area (Å²) in [4.78, 5) is 22.7. The molecule has 2 N–H and O–H groups in total. The number of carboxylic acid groups (broad SMARTS) is 1. The molecule has 0 saturated heterocycles. The number of amides is 1. The SMILES string of the molecule is Cc1cccc(CNC(=O)C2(C(=O)O)CC2)c1. The third kappa shape index (κ3) is 2.30. The number of carboxylic acids is 1. The Morgan fingerprint density at radius 3 is 2.65 bits per heavy atom. The Labute approximate surface area is 99.6 Å². The molecule has 1 aromatic rings. The summed E-state index contributed by atoms with van der Waals surface area (Å²) >= 11 is 0. The van der Waals surface area contributed by atoms with Crippen molar-refractivity contribution in [2.75, 3.05) is 0 Å². The summed E-state index contributed by atoms with van der Waals surface area (Å²) in [6, 6.07) is 7.78. The Hall–Kier alpha value is -1.84. The van der Waals surface area contributed by atoms with Crippen LogP contribution in [0.3, 0.4) is 0 Å². The Bertz CT molecular complexity index is 463. The topological polar surface area (TPSA) is 66.4 Å². The maximum Gasteiger partial charge on any atom is 0.319 e. The summed E-state index contributed by atoms with van der Waals surface area (Å²) in [6.45, 7) is 2.36. The third-order valence-electron chi connectivity index (χ3n) is 3.13. The minimum atomic E-state index is -1.15. The maximum atomic E-state index is 11.7.